The van der Waals surface area contributed by atoms with E-state index < -0.39 is 0 Å². The Bertz CT molecular complexity index is 448. The molecule has 0 aliphatic heterocycles. The molecular formula is C9H12N4OS. The molecule has 0 spiro atoms. The van der Waals surface area contributed by atoms with Crippen LogP contribution in [-0.2, 0) is 6.54 Å². The molecule has 15 heavy (non-hydrogen) atoms. The van der Waals surface area contributed by atoms with Gasteiger partial charge in [-0.2, -0.15) is 4.98 Å². The van der Waals surface area contributed by atoms with Crippen LogP contribution in [0.15, 0.2) is 16.0 Å². The highest BCUT2D eigenvalue weighted by molar-refractivity contribution is 7.14. The van der Waals surface area contributed by atoms with Gasteiger partial charge in [-0.05, 0) is 25.5 Å². The van der Waals surface area contributed by atoms with E-state index in [1.807, 2.05) is 30.4 Å². The summed E-state index contributed by atoms with van der Waals surface area (Å²) in [6.07, 6.45) is 0. The molecule has 0 unspecified atom stereocenters. The molecule has 0 saturated carbocycles. The highest BCUT2D eigenvalue weighted by Crippen LogP contribution is 2.29. The van der Waals surface area contributed by atoms with E-state index in [9.17, 15) is 0 Å². The number of nitrogen functional groups attached to an aromatic ring is 1. The summed E-state index contributed by atoms with van der Waals surface area (Å²) in [5, 5.41) is 5.78. The first kappa shape index (κ1) is 10.1. The van der Waals surface area contributed by atoms with E-state index >= 15 is 0 Å². The van der Waals surface area contributed by atoms with E-state index in [-0.39, 0.29) is 0 Å². The van der Waals surface area contributed by atoms with Crippen LogP contribution in [0.4, 0.5) is 5.69 Å². The number of nitrogens with two attached hydrogens (primary N) is 1. The number of hydrogen-bond acceptors (Lipinski definition) is 6. The molecule has 2 N–H and O–H groups in total. The molecular weight excluding hydrogens is 212 g/mol. The molecule has 0 bridgehead atoms. The summed E-state index contributed by atoms with van der Waals surface area (Å²) in [4.78, 5) is 7.08. The largest absolute Gasteiger partial charge is 0.397 e. The molecule has 6 heteroatoms. The molecule has 0 aromatic carbocycles. The van der Waals surface area contributed by atoms with Crippen molar-refractivity contribution in [3.05, 3.63) is 17.3 Å². The summed E-state index contributed by atoms with van der Waals surface area (Å²) in [5.41, 5.74) is 6.44. The molecule has 0 amide bonds. The molecule has 5 nitrogen and oxygen atoms in total. The van der Waals surface area contributed by atoms with Crippen LogP contribution in [0, 0.1) is 0 Å². The van der Waals surface area contributed by atoms with E-state index in [1.165, 1.54) is 11.3 Å². The van der Waals surface area contributed by atoms with Gasteiger partial charge in [0.15, 0.2) is 5.82 Å². The van der Waals surface area contributed by atoms with E-state index in [4.69, 9.17) is 10.3 Å². The van der Waals surface area contributed by atoms with Gasteiger partial charge in [-0.3, -0.25) is 0 Å². The minimum Gasteiger partial charge on any atom is -0.397 e. The fourth-order valence-electron chi connectivity index (χ4n) is 1.19. The maximum absolute atomic E-state index is 5.76. The van der Waals surface area contributed by atoms with Gasteiger partial charge in [0.2, 0.25) is 0 Å². The lowest BCUT2D eigenvalue weighted by Gasteiger charge is -2.03. The molecule has 80 valence electrons. The van der Waals surface area contributed by atoms with Crippen molar-refractivity contribution in [3.63, 3.8) is 0 Å². The standard InChI is InChI=1S/C9H12N4OS/c1-13(2)5-7-11-9(14-12-7)8-6(10)3-4-15-8/h3-4H,5,10H2,1-2H3. The topological polar surface area (TPSA) is 68.2 Å². The Hall–Kier alpha value is -1.40. The molecule has 2 rings (SSSR count). The van der Waals surface area contributed by atoms with Gasteiger partial charge in [-0.1, -0.05) is 5.16 Å². The third-order valence-corrected chi connectivity index (χ3v) is 2.73. The van der Waals surface area contributed by atoms with Crippen molar-refractivity contribution >= 4 is 17.0 Å². The second-order valence-corrected chi connectivity index (χ2v) is 4.37. The summed E-state index contributed by atoms with van der Waals surface area (Å²) < 4.78 is 5.13. The van der Waals surface area contributed by atoms with Gasteiger partial charge in [-0.25, -0.2) is 0 Å². The van der Waals surface area contributed by atoms with Crippen LogP contribution < -0.4 is 5.73 Å². The Balaban J connectivity index is 2.24. The summed E-state index contributed by atoms with van der Waals surface area (Å²) in [6.45, 7) is 0.661. The lowest BCUT2D eigenvalue weighted by atomic mass is 10.4. The molecule has 2 heterocycles. The second kappa shape index (κ2) is 4.00. The number of aromatic nitrogens is 2. The molecule has 0 atom stereocenters. The number of anilines is 1. The van der Waals surface area contributed by atoms with Crippen LogP contribution in [0.3, 0.4) is 0 Å². The molecule has 2 aromatic heterocycles. The first-order chi connectivity index (χ1) is 7.16. The van der Waals surface area contributed by atoms with Crippen LogP contribution in [0.5, 0.6) is 0 Å². The SMILES string of the molecule is CN(C)Cc1noc(-c2sccc2N)n1. The van der Waals surface area contributed by atoms with Crippen LogP contribution in [-0.4, -0.2) is 29.1 Å². The average Bonchev–Trinajstić information content (AvgIpc) is 2.72. The van der Waals surface area contributed by atoms with Crippen molar-refractivity contribution in [3.8, 4) is 10.8 Å². The van der Waals surface area contributed by atoms with E-state index in [2.05, 4.69) is 10.1 Å². The molecule has 0 radical (unpaired) electrons. The van der Waals surface area contributed by atoms with Crippen molar-refractivity contribution in [2.75, 3.05) is 19.8 Å². The second-order valence-electron chi connectivity index (χ2n) is 3.46. The zero-order valence-corrected chi connectivity index (χ0v) is 9.41. The van der Waals surface area contributed by atoms with E-state index in [0.29, 0.717) is 23.9 Å². The van der Waals surface area contributed by atoms with Crippen molar-refractivity contribution in [1.82, 2.24) is 15.0 Å². The van der Waals surface area contributed by atoms with Crippen LogP contribution >= 0.6 is 11.3 Å². The van der Waals surface area contributed by atoms with Crippen LogP contribution in [0.1, 0.15) is 5.82 Å². The minimum atomic E-state index is 0.499. The summed E-state index contributed by atoms with van der Waals surface area (Å²) >= 11 is 1.50. The Kier molecular flexibility index (Phi) is 2.70. The maximum atomic E-state index is 5.76. The smallest absolute Gasteiger partial charge is 0.270 e. The lowest BCUT2D eigenvalue weighted by molar-refractivity contribution is 0.366. The lowest BCUT2D eigenvalue weighted by Crippen LogP contribution is -2.11. The molecule has 0 fully saturated rings. The summed E-state index contributed by atoms with van der Waals surface area (Å²) in [7, 11) is 3.91. The number of thiophene rings is 1. The van der Waals surface area contributed by atoms with Gasteiger partial charge in [0.05, 0.1) is 12.2 Å². The molecule has 0 saturated heterocycles. The van der Waals surface area contributed by atoms with Gasteiger partial charge >= 0.3 is 0 Å². The normalized spacial score (nSPS) is 11.1. The van der Waals surface area contributed by atoms with Gasteiger partial charge in [-0.15, -0.1) is 11.3 Å². The third kappa shape index (κ3) is 2.16. The maximum Gasteiger partial charge on any atom is 0.270 e. The van der Waals surface area contributed by atoms with Crippen molar-refractivity contribution in [1.29, 1.82) is 0 Å². The monoisotopic (exact) mass is 224 g/mol. The summed E-state index contributed by atoms with van der Waals surface area (Å²) in [6, 6.07) is 1.83. The van der Waals surface area contributed by atoms with E-state index in [0.717, 1.165) is 4.88 Å². The molecule has 0 aliphatic carbocycles. The first-order valence-electron chi connectivity index (χ1n) is 4.47. The van der Waals surface area contributed by atoms with Crippen molar-refractivity contribution in [2.45, 2.75) is 6.54 Å². The van der Waals surface area contributed by atoms with Crippen molar-refractivity contribution < 1.29 is 4.52 Å². The van der Waals surface area contributed by atoms with Crippen LogP contribution in [0.25, 0.3) is 10.8 Å². The van der Waals surface area contributed by atoms with Gasteiger partial charge < -0.3 is 15.2 Å². The van der Waals surface area contributed by atoms with Gasteiger partial charge in [0.1, 0.15) is 4.88 Å². The Morgan fingerprint density at radius 3 is 2.93 bits per heavy atom. The van der Waals surface area contributed by atoms with E-state index in [1.54, 1.807) is 0 Å². The Morgan fingerprint density at radius 2 is 2.33 bits per heavy atom. The highest BCUT2D eigenvalue weighted by atomic mass is 32.1. The molecule has 2 aromatic rings. The fraction of sp³-hybridized carbons (Fsp3) is 0.333. The first-order valence-corrected chi connectivity index (χ1v) is 5.35. The minimum absolute atomic E-state index is 0.499. The predicted octanol–water partition coefficient (Wildman–Crippen LogP) is 1.44. The number of nitrogens with zero attached hydrogens (tertiary/aromatic N) is 3. The zero-order valence-electron chi connectivity index (χ0n) is 8.60. The zero-order chi connectivity index (χ0) is 10.8. The van der Waals surface area contributed by atoms with Crippen molar-refractivity contribution in [2.24, 2.45) is 0 Å². The number of hydrogen-bond donors (Lipinski definition) is 1. The van der Waals surface area contributed by atoms with Crippen LogP contribution in [0.2, 0.25) is 0 Å². The fourth-order valence-corrected chi connectivity index (χ4v) is 1.92. The average molecular weight is 224 g/mol. The Morgan fingerprint density at radius 1 is 1.53 bits per heavy atom. The quantitative estimate of drug-likeness (QED) is 0.854. The number of rotatable bonds is 3. The van der Waals surface area contributed by atoms with Gasteiger partial charge in [0.25, 0.3) is 5.89 Å². The van der Waals surface area contributed by atoms with Gasteiger partial charge in [0, 0.05) is 0 Å². The highest BCUT2D eigenvalue weighted by Gasteiger charge is 2.12. The Labute approximate surface area is 91.5 Å². The third-order valence-electron chi connectivity index (χ3n) is 1.82. The summed E-state index contributed by atoms with van der Waals surface area (Å²) in [5.74, 6) is 1.17. The molecule has 0 aliphatic rings. The predicted molar refractivity (Wildman–Crippen MR) is 59.4 cm³/mol.